The first-order valence-corrected chi connectivity index (χ1v) is 8.36. The highest BCUT2D eigenvalue weighted by Crippen LogP contribution is 2.14. The number of hydrogen-bond donors (Lipinski definition) is 2. The smallest absolute Gasteiger partial charge is 0.212 e. The lowest BCUT2D eigenvalue weighted by Crippen LogP contribution is -2.35. The molecule has 6 nitrogen and oxygen atoms in total. The Morgan fingerprint density at radius 1 is 1.47 bits per heavy atom. The van der Waals surface area contributed by atoms with Gasteiger partial charge in [-0.15, -0.1) is 0 Å². The van der Waals surface area contributed by atoms with Crippen LogP contribution in [-0.4, -0.2) is 32.2 Å². The van der Waals surface area contributed by atoms with Crippen LogP contribution in [-0.2, 0) is 23.0 Å². The fraction of sp³-hybridized carbons (Fsp3) is 0.750. The van der Waals surface area contributed by atoms with Gasteiger partial charge in [-0.25, -0.2) is 18.1 Å². The summed E-state index contributed by atoms with van der Waals surface area (Å²) < 4.78 is 31.8. The van der Waals surface area contributed by atoms with E-state index in [4.69, 9.17) is 4.42 Å². The summed E-state index contributed by atoms with van der Waals surface area (Å²) in [5.74, 6) is 1.63. The molecule has 19 heavy (non-hydrogen) atoms. The molecule has 1 aromatic heterocycles. The summed E-state index contributed by atoms with van der Waals surface area (Å²) in [6, 6.07) is 0. The van der Waals surface area contributed by atoms with Crippen molar-refractivity contribution in [1.82, 2.24) is 15.0 Å². The van der Waals surface area contributed by atoms with Gasteiger partial charge in [-0.05, 0) is 31.8 Å². The number of nitrogens with zero attached hydrogens (tertiary/aromatic N) is 1. The maximum Gasteiger partial charge on any atom is 0.212 e. The third-order valence-electron chi connectivity index (χ3n) is 3.31. The molecule has 0 amide bonds. The maximum atomic E-state index is 11.9. The van der Waals surface area contributed by atoms with Crippen molar-refractivity contribution in [3.63, 3.8) is 0 Å². The van der Waals surface area contributed by atoms with Crippen LogP contribution in [0, 0.1) is 5.92 Å². The van der Waals surface area contributed by atoms with Gasteiger partial charge in [0.1, 0.15) is 5.76 Å². The predicted molar refractivity (Wildman–Crippen MR) is 72.1 cm³/mol. The molecule has 108 valence electrons. The molecule has 0 atom stereocenters. The largest absolute Gasteiger partial charge is 0.444 e. The molecule has 0 radical (unpaired) electrons. The van der Waals surface area contributed by atoms with Crippen molar-refractivity contribution in [3.05, 3.63) is 17.8 Å². The van der Waals surface area contributed by atoms with Crippen molar-refractivity contribution in [2.24, 2.45) is 5.92 Å². The topological polar surface area (TPSA) is 84.2 Å². The first kappa shape index (κ1) is 14.5. The van der Waals surface area contributed by atoms with Gasteiger partial charge in [0.15, 0.2) is 0 Å². The molecule has 2 heterocycles. The van der Waals surface area contributed by atoms with E-state index in [2.05, 4.69) is 15.0 Å². The molecule has 0 aromatic carbocycles. The molecule has 1 fully saturated rings. The Labute approximate surface area is 114 Å². The highest BCUT2D eigenvalue weighted by atomic mass is 32.2. The molecular weight excluding hydrogens is 266 g/mol. The molecule has 2 N–H and O–H groups in total. The second-order valence-corrected chi connectivity index (χ2v) is 6.72. The monoisotopic (exact) mass is 287 g/mol. The number of aromatic nitrogens is 1. The van der Waals surface area contributed by atoms with E-state index in [0.717, 1.165) is 38.1 Å². The fourth-order valence-corrected chi connectivity index (χ4v) is 3.60. The second kappa shape index (κ2) is 6.49. The SMILES string of the molecule is CCc1cnc(CNS(=O)(=O)CC2CCNCC2)o1. The van der Waals surface area contributed by atoms with Gasteiger partial charge in [0.05, 0.1) is 18.5 Å². The van der Waals surface area contributed by atoms with Crippen LogP contribution < -0.4 is 10.0 Å². The van der Waals surface area contributed by atoms with E-state index in [1.807, 2.05) is 6.92 Å². The number of rotatable bonds is 6. The lowest BCUT2D eigenvalue weighted by Gasteiger charge is -2.22. The van der Waals surface area contributed by atoms with E-state index in [-0.39, 0.29) is 18.2 Å². The summed E-state index contributed by atoms with van der Waals surface area (Å²) >= 11 is 0. The fourth-order valence-electron chi connectivity index (χ4n) is 2.18. The quantitative estimate of drug-likeness (QED) is 0.803. The van der Waals surface area contributed by atoms with Crippen molar-refractivity contribution in [2.45, 2.75) is 32.7 Å². The van der Waals surface area contributed by atoms with Gasteiger partial charge in [-0.3, -0.25) is 0 Å². The van der Waals surface area contributed by atoms with E-state index in [0.29, 0.717) is 5.89 Å². The Bertz CT molecular complexity index is 492. The zero-order valence-corrected chi connectivity index (χ0v) is 12.0. The van der Waals surface area contributed by atoms with Gasteiger partial charge in [0.25, 0.3) is 0 Å². The van der Waals surface area contributed by atoms with Crippen LogP contribution in [0.1, 0.15) is 31.4 Å². The Balaban J connectivity index is 1.83. The number of aryl methyl sites for hydroxylation is 1. The van der Waals surface area contributed by atoms with Crippen LogP contribution in [0.5, 0.6) is 0 Å². The van der Waals surface area contributed by atoms with E-state index in [1.54, 1.807) is 6.20 Å². The summed E-state index contributed by atoms with van der Waals surface area (Å²) in [6.07, 6.45) is 4.23. The van der Waals surface area contributed by atoms with E-state index in [1.165, 1.54) is 0 Å². The summed E-state index contributed by atoms with van der Waals surface area (Å²) in [7, 11) is -3.25. The molecule has 1 aromatic rings. The first-order chi connectivity index (χ1) is 9.09. The van der Waals surface area contributed by atoms with Gasteiger partial charge < -0.3 is 9.73 Å². The number of nitrogens with one attached hydrogen (secondary N) is 2. The lowest BCUT2D eigenvalue weighted by molar-refractivity contribution is 0.399. The number of hydrogen-bond acceptors (Lipinski definition) is 5. The van der Waals surface area contributed by atoms with Gasteiger partial charge in [0, 0.05) is 6.42 Å². The second-order valence-electron chi connectivity index (χ2n) is 4.87. The zero-order chi connectivity index (χ0) is 13.7. The minimum Gasteiger partial charge on any atom is -0.444 e. The van der Waals surface area contributed by atoms with Gasteiger partial charge in [0.2, 0.25) is 15.9 Å². The van der Waals surface area contributed by atoms with Crippen LogP contribution >= 0.6 is 0 Å². The zero-order valence-electron chi connectivity index (χ0n) is 11.2. The molecule has 2 rings (SSSR count). The molecule has 0 bridgehead atoms. The van der Waals surface area contributed by atoms with Crippen molar-refractivity contribution < 1.29 is 12.8 Å². The van der Waals surface area contributed by atoms with Crippen LogP contribution in [0.15, 0.2) is 10.6 Å². The van der Waals surface area contributed by atoms with Crippen molar-refractivity contribution >= 4 is 10.0 Å². The lowest BCUT2D eigenvalue weighted by atomic mass is 10.0. The van der Waals surface area contributed by atoms with Crippen molar-refractivity contribution in [1.29, 1.82) is 0 Å². The maximum absolute atomic E-state index is 11.9. The number of piperidine rings is 1. The highest BCUT2D eigenvalue weighted by Gasteiger charge is 2.21. The molecule has 1 aliphatic rings. The highest BCUT2D eigenvalue weighted by molar-refractivity contribution is 7.89. The Morgan fingerprint density at radius 3 is 2.84 bits per heavy atom. The molecule has 7 heteroatoms. The van der Waals surface area contributed by atoms with Crippen LogP contribution in [0.2, 0.25) is 0 Å². The van der Waals surface area contributed by atoms with Gasteiger partial charge in [-0.1, -0.05) is 6.92 Å². The summed E-state index contributed by atoms with van der Waals surface area (Å²) in [5, 5.41) is 3.23. The molecule has 0 spiro atoms. The molecule has 0 aliphatic carbocycles. The standard InChI is InChI=1S/C12H21N3O3S/c1-2-11-7-14-12(18-11)8-15-19(16,17)9-10-3-5-13-6-4-10/h7,10,13,15H,2-6,8-9H2,1H3. The minimum atomic E-state index is -3.25. The van der Waals surface area contributed by atoms with Gasteiger partial charge in [-0.2, -0.15) is 0 Å². The van der Waals surface area contributed by atoms with Crippen molar-refractivity contribution in [2.75, 3.05) is 18.8 Å². The van der Waals surface area contributed by atoms with Crippen LogP contribution in [0.3, 0.4) is 0 Å². The molecular formula is C12H21N3O3S. The average molecular weight is 287 g/mol. The Morgan fingerprint density at radius 2 is 2.21 bits per heavy atom. The van der Waals surface area contributed by atoms with Gasteiger partial charge >= 0.3 is 0 Å². The normalized spacial score (nSPS) is 17.7. The van der Waals surface area contributed by atoms with Crippen LogP contribution in [0.25, 0.3) is 0 Å². The molecule has 0 saturated carbocycles. The Hall–Kier alpha value is -0.920. The summed E-state index contributed by atoms with van der Waals surface area (Å²) in [5.41, 5.74) is 0. The molecule has 1 saturated heterocycles. The number of sulfonamides is 1. The molecule has 0 unspecified atom stereocenters. The third kappa shape index (κ3) is 4.59. The van der Waals surface area contributed by atoms with E-state index >= 15 is 0 Å². The molecule has 1 aliphatic heterocycles. The third-order valence-corrected chi connectivity index (χ3v) is 4.80. The van der Waals surface area contributed by atoms with Crippen LogP contribution in [0.4, 0.5) is 0 Å². The minimum absolute atomic E-state index is 0.132. The van der Waals surface area contributed by atoms with E-state index < -0.39 is 10.0 Å². The average Bonchev–Trinajstić information content (AvgIpc) is 2.85. The Kier molecular flexibility index (Phi) is 4.95. The number of oxazole rings is 1. The summed E-state index contributed by atoms with van der Waals surface area (Å²) in [4.78, 5) is 4.03. The van der Waals surface area contributed by atoms with Crippen molar-refractivity contribution in [3.8, 4) is 0 Å². The van der Waals surface area contributed by atoms with E-state index in [9.17, 15) is 8.42 Å². The predicted octanol–water partition coefficient (Wildman–Crippen LogP) is 0.656. The first-order valence-electron chi connectivity index (χ1n) is 6.70. The summed E-state index contributed by atoms with van der Waals surface area (Å²) in [6.45, 7) is 3.90.